The van der Waals surface area contributed by atoms with Gasteiger partial charge in [0.1, 0.15) is 5.82 Å². The van der Waals surface area contributed by atoms with E-state index in [9.17, 15) is 14.0 Å². The zero-order valence-corrected chi connectivity index (χ0v) is 19.0. The van der Waals surface area contributed by atoms with Crippen molar-refractivity contribution in [3.63, 3.8) is 0 Å². The maximum absolute atomic E-state index is 15.0. The number of aryl methyl sites for hydroxylation is 1. The van der Waals surface area contributed by atoms with Crippen LogP contribution in [0.1, 0.15) is 36.5 Å². The number of carbonyl (C=O) groups excluding carboxylic acids is 2. The van der Waals surface area contributed by atoms with Crippen molar-refractivity contribution in [2.75, 3.05) is 26.2 Å². The number of unbranched alkanes of at least 4 members (excludes halogenated alkanes) is 1. The second-order valence-corrected chi connectivity index (χ2v) is 8.62. The van der Waals surface area contributed by atoms with E-state index in [-0.39, 0.29) is 30.0 Å². The van der Waals surface area contributed by atoms with E-state index in [4.69, 9.17) is 5.11 Å². The fraction of sp³-hybridized carbons (Fsp3) is 0.400. The lowest BCUT2D eigenvalue weighted by atomic mass is 10.0. The number of piperazine rings is 1. The minimum Gasteiger partial charge on any atom is -0.396 e. The fourth-order valence-corrected chi connectivity index (χ4v) is 4.40. The Hall–Kier alpha value is -3.26. The third kappa shape index (κ3) is 4.75. The summed E-state index contributed by atoms with van der Waals surface area (Å²) >= 11 is 0. The van der Waals surface area contributed by atoms with Crippen LogP contribution in [0.15, 0.2) is 42.7 Å². The van der Waals surface area contributed by atoms with E-state index in [0.29, 0.717) is 44.5 Å². The number of aliphatic hydroxyl groups excluding tert-OH is 1. The first kappa shape index (κ1) is 22.9. The van der Waals surface area contributed by atoms with Gasteiger partial charge in [-0.25, -0.2) is 9.37 Å². The van der Waals surface area contributed by atoms with Crippen molar-refractivity contribution in [2.45, 2.75) is 32.2 Å². The molecule has 0 spiro atoms. The lowest BCUT2D eigenvalue weighted by molar-refractivity contribution is -0.135. The number of nitrogens with zero attached hydrogens (tertiary/aromatic N) is 4. The Balaban J connectivity index is 1.45. The van der Waals surface area contributed by atoms with Crippen molar-refractivity contribution in [2.24, 2.45) is 7.05 Å². The number of amides is 2. The standard InChI is InChI=1S/C25H29FN4O3/c1-17-15-29(10-11-30(17)24(32)5-3-4-12-31)25(33)20-8-6-18(13-21(20)26)19-7-9-23-22(14-19)27-16-28(23)2/h6-9,13-14,16-17,31H,3-5,10-12,15H2,1-2H3. The van der Waals surface area contributed by atoms with Crippen LogP contribution in [0.5, 0.6) is 0 Å². The number of aliphatic hydroxyl groups is 1. The Kier molecular flexibility index (Phi) is 6.74. The van der Waals surface area contributed by atoms with E-state index in [1.54, 1.807) is 22.2 Å². The van der Waals surface area contributed by atoms with Crippen LogP contribution in [0, 0.1) is 5.82 Å². The molecule has 7 nitrogen and oxygen atoms in total. The molecule has 1 aliphatic rings. The van der Waals surface area contributed by atoms with Crippen molar-refractivity contribution in [1.29, 1.82) is 0 Å². The Labute approximate surface area is 192 Å². The number of imidazole rings is 1. The number of hydrogen-bond acceptors (Lipinski definition) is 4. The molecule has 0 bridgehead atoms. The van der Waals surface area contributed by atoms with E-state index in [0.717, 1.165) is 16.6 Å². The number of carbonyl (C=O) groups is 2. The first-order chi connectivity index (χ1) is 15.9. The molecule has 1 fully saturated rings. The van der Waals surface area contributed by atoms with Crippen LogP contribution < -0.4 is 0 Å². The first-order valence-corrected chi connectivity index (χ1v) is 11.3. The highest BCUT2D eigenvalue weighted by atomic mass is 19.1. The molecule has 3 aromatic rings. The molecule has 1 atom stereocenters. The van der Waals surface area contributed by atoms with Gasteiger partial charge >= 0.3 is 0 Å². The maximum Gasteiger partial charge on any atom is 0.256 e. The Morgan fingerprint density at radius 3 is 2.61 bits per heavy atom. The van der Waals surface area contributed by atoms with Gasteiger partial charge in [0.25, 0.3) is 5.91 Å². The molecule has 0 aliphatic carbocycles. The zero-order valence-electron chi connectivity index (χ0n) is 19.0. The zero-order chi connectivity index (χ0) is 23.5. The summed E-state index contributed by atoms with van der Waals surface area (Å²) in [6.07, 6.45) is 3.37. The molecule has 0 radical (unpaired) electrons. The summed E-state index contributed by atoms with van der Waals surface area (Å²) in [7, 11) is 1.92. The summed E-state index contributed by atoms with van der Waals surface area (Å²) in [4.78, 5) is 33.2. The van der Waals surface area contributed by atoms with Crippen LogP contribution in [0.4, 0.5) is 4.39 Å². The van der Waals surface area contributed by atoms with Gasteiger partial charge < -0.3 is 19.5 Å². The summed E-state index contributed by atoms with van der Waals surface area (Å²) in [5, 5.41) is 8.89. The van der Waals surface area contributed by atoms with Gasteiger partial charge in [0.15, 0.2) is 0 Å². The topological polar surface area (TPSA) is 78.7 Å². The van der Waals surface area contributed by atoms with E-state index >= 15 is 0 Å². The molecule has 0 saturated carbocycles. The van der Waals surface area contributed by atoms with E-state index in [1.807, 2.05) is 36.7 Å². The quantitative estimate of drug-likeness (QED) is 0.583. The largest absolute Gasteiger partial charge is 0.396 e. The SMILES string of the molecule is CC1CN(C(=O)c2ccc(-c3ccc4c(c3)ncn4C)cc2F)CCN1C(=O)CCCCO. The first-order valence-electron chi connectivity index (χ1n) is 11.3. The van der Waals surface area contributed by atoms with Crippen molar-refractivity contribution in [3.05, 3.63) is 54.1 Å². The Morgan fingerprint density at radius 1 is 1.12 bits per heavy atom. The monoisotopic (exact) mass is 452 g/mol. The van der Waals surface area contributed by atoms with Gasteiger partial charge in [0, 0.05) is 45.8 Å². The van der Waals surface area contributed by atoms with Crippen LogP contribution in [0.3, 0.4) is 0 Å². The van der Waals surface area contributed by atoms with Gasteiger partial charge in [-0.3, -0.25) is 9.59 Å². The summed E-state index contributed by atoms with van der Waals surface area (Å²) < 4.78 is 16.9. The highest BCUT2D eigenvalue weighted by Crippen LogP contribution is 2.26. The third-order valence-electron chi connectivity index (χ3n) is 6.29. The predicted octanol–water partition coefficient (Wildman–Crippen LogP) is 3.21. The molecule has 1 N–H and O–H groups in total. The second-order valence-electron chi connectivity index (χ2n) is 8.62. The highest BCUT2D eigenvalue weighted by Gasteiger charge is 2.30. The number of halogens is 1. The summed E-state index contributed by atoms with van der Waals surface area (Å²) in [6, 6.07) is 10.3. The smallest absolute Gasteiger partial charge is 0.256 e. The van der Waals surface area contributed by atoms with Crippen molar-refractivity contribution < 1.29 is 19.1 Å². The van der Waals surface area contributed by atoms with E-state index in [2.05, 4.69) is 4.98 Å². The van der Waals surface area contributed by atoms with Crippen molar-refractivity contribution in [3.8, 4) is 11.1 Å². The van der Waals surface area contributed by atoms with Crippen LogP contribution in [0.25, 0.3) is 22.2 Å². The summed E-state index contributed by atoms with van der Waals surface area (Å²) in [5.41, 5.74) is 3.37. The van der Waals surface area contributed by atoms with Crippen LogP contribution in [-0.2, 0) is 11.8 Å². The lowest BCUT2D eigenvalue weighted by Gasteiger charge is -2.40. The lowest BCUT2D eigenvalue weighted by Crippen LogP contribution is -2.55. The summed E-state index contributed by atoms with van der Waals surface area (Å²) in [6.45, 7) is 3.13. The molecule has 2 heterocycles. The maximum atomic E-state index is 15.0. The Morgan fingerprint density at radius 2 is 1.88 bits per heavy atom. The predicted molar refractivity (Wildman–Crippen MR) is 124 cm³/mol. The number of hydrogen-bond donors (Lipinski definition) is 1. The normalized spacial score (nSPS) is 16.4. The molecule has 33 heavy (non-hydrogen) atoms. The van der Waals surface area contributed by atoms with Gasteiger partial charge in [-0.15, -0.1) is 0 Å². The summed E-state index contributed by atoms with van der Waals surface area (Å²) in [5.74, 6) is -0.893. The molecule has 8 heteroatoms. The molecule has 1 unspecified atom stereocenters. The molecular formula is C25H29FN4O3. The average molecular weight is 453 g/mol. The van der Waals surface area contributed by atoms with Crippen LogP contribution in [-0.4, -0.2) is 68.6 Å². The molecule has 2 amide bonds. The second kappa shape index (κ2) is 9.70. The van der Waals surface area contributed by atoms with Gasteiger partial charge in [-0.05, 0) is 55.2 Å². The molecule has 1 aromatic heterocycles. The highest BCUT2D eigenvalue weighted by molar-refractivity contribution is 5.95. The van der Waals surface area contributed by atoms with Crippen molar-refractivity contribution in [1.82, 2.24) is 19.4 Å². The van der Waals surface area contributed by atoms with E-state index in [1.165, 1.54) is 12.1 Å². The Bertz CT molecular complexity index is 1180. The van der Waals surface area contributed by atoms with E-state index < -0.39 is 5.82 Å². The molecule has 2 aromatic carbocycles. The number of rotatable bonds is 6. The van der Waals surface area contributed by atoms with Crippen LogP contribution in [0.2, 0.25) is 0 Å². The number of aromatic nitrogens is 2. The minimum atomic E-state index is -0.561. The van der Waals surface area contributed by atoms with Gasteiger partial charge in [0.05, 0.1) is 22.9 Å². The van der Waals surface area contributed by atoms with Crippen LogP contribution >= 0.6 is 0 Å². The average Bonchev–Trinajstić information content (AvgIpc) is 3.18. The molecular weight excluding hydrogens is 423 g/mol. The molecule has 1 saturated heterocycles. The third-order valence-corrected chi connectivity index (χ3v) is 6.29. The van der Waals surface area contributed by atoms with Gasteiger partial charge in [0.2, 0.25) is 5.91 Å². The molecule has 174 valence electrons. The molecule has 4 rings (SSSR count). The fourth-order valence-electron chi connectivity index (χ4n) is 4.40. The molecule has 1 aliphatic heterocycles. The van der Waals surface area contributed by atoms with Crippen molar-refractivity contribution >= 4 is 22.8 Å². The van der Waals surface area contributed by atoms with Gasteiger partial charge in [-0.2, -0.15) is 0 Å². The minimum absolute atomic E-state index is 0.0310. The van der Waals surface area contributed by atoms with Gasteiger partial charge in [-0.1, -0.05) is 12.1 Å². The number of fused-ring (bicyclic) bond motifs is 1. The number of benzene rings is 2.